The van der Waals surface area contributed by atoms with Crippen molar-refractivity contribution in [3.05, 3.63) is 0 Å². The van der Waals surface area contributed by atoms with Gasteiger partial charge in [-0.25, -0.2) is 0 Å². The summed E-state index contributed by atoms with van der Waals surface area (Å²) in [6.07, 6.45) is 0.0587. The molecule has 0 aromatic carbocycles. The number of aliphatic hydroxyl groups is 1. The fraction of sp³-hybridized carbons (Fsp3) is 0.875. The zero-order chi connectivity index (χ0) is 10.3. The topological polar surface area (TPSA) is 84.6 Å². The summed E-state index contributed by atoms with van der Waals surface area (Å²) in [5.74, 6) is -0.388. The maximum Gasteiger partial charge on any atom is 0.234 e. The molecule has 0 aromatic rings. The number of amides is 1. The quantitative estimate of drug-likeness (QED) is 0.473. The first-order valence-corrected chi connectivity index (χ1v) is 4.27. The van der Waals surface area contributed by atoms with E-state index in [0.29, 0.717) is 19.6 Å². The van der Waals surface area contributed by atoms with Gasteiger partial charge in [-0.05, 0) is 19.9 Å². The van der Waals surface area contributed by atoms with Gasteiger partial charge in [0.15, 0.2) is 0 Å². The number of nitrogens with one attached hydrogen (secondary N) is 1. The number of ether oxygens (including phenoxy) is 1. The zero-order valence-electron chi connectivity index (χ0n) is 8.12. The average molecular weight is 190 g/mol. The molecule has 2 atom stereocenters. The highest BCUT2D eigenvalue weighted by Crippen LogP contribution is 1.90. The van der Waals surface area contributed by atoms with Crippen molar-refractivity contribution in [2.45, 2.75) is 25.5 Å². The molecule has 0 fully saturated rings. The molecule has 0 heterocycles. The van der Waals surface area contributed by atoms with E-state index in [4.69, 9.17) is 10.5 Å². The van der Waals surface area contributed by atoms with E-state index in [2.05, 4.69) is 5.32 Å². The summed E-state index contributed by atoms with van der Waals surface area (Å²) in [7, 11) is 1.53. The molecule has 2 unspecified atom stereocenters. The average Bonchev–Trinajstić information content (AvgIpc) is 2.04. The molecule has 0 radical (unpaired) electrons. The first-order valence-electron chi connectivity index (χ1n) is 4.27. The predicted molar refractivity (Wildman–Crippen MR) is 49.2 cm³/mol. The molecular weight excluding hydrogens is 172 g/mol. The molecule has 1 amide bonds. The highest BCUT2D eigenvalue weighted by atomic mass is 16.5. The summed E-state index contributed by atoms with van der Waals surface area (Å²) in [5.41, 5.74) is 5.02. The summed E-state index contributed by atoms with van der Waals surface area (Å²) < 4.78 is 4.74. The lowest BCUT2D eigenvalue weighted by Crippen LogP contribution is -2.40. The number of primary amides is 1. The van der Waals surface area contributed by atoms with Crippen LogP contribution in [0.1, 0.15) is 13.3 Å². The molecule has 0 bridgehead atoms. The van der Waals surface area contributed by atoms with Gasteiger partial charge in [-0.15, -0.1) is 0 Å². The Balaban J connectivity index is 3.39. The van der Waals surface area contributed by atoms with Crippen molar-refractivity contribution in [1.29, 1.82) is 0 Å². The monoisotopic (exact) mass is 190 g/mol. The largest absolute Gasteiger partial charge is 0.391 e. The third kappa shape index (κ3) is 6.51. The van der Waals surface area contributed by atoms with Crippen molar-refractivity contribution in [2.24, 2.45) is 5.73 Å². The van der Waals surface area contributed by atoms with E-state index in [1.165, 1.54) is 7.11 Å². The molecule has 0 rings (SSSR count). The number of hydrogen-bond donors (Lipinski definition) is 3. The van der Waals surface area contributed by atoms with Crippen LogP contribution in [0, 0.1) is 0 Å². The van der Waals surface area contributed by atoms with Crippen LogP contribution in [0.4, 0.5) is 0 Å². The maximum atomic E-state index is 10.6. The van der Waals surface area contributed by atoms with Gasteiger partial charge in [-0.1, -0.05) is 0 Å². The summed E-state index contributed by atoms with van der Waals surface area (Å²) in [6.45, 7) is 2.55. The third-order valence-corrected chi connectivity index (χ3v) is 1.71. The molecule has 0 aliphatic carbocycles. The Morgan fingerprint density at radius 1 is 1.69 bits per heavy atom. The second-order valence-electron chi connectivity index (χ2n) is 2.98. The standard InChI is InChI=1S/C8H18N2O3/c1-6(8(9)12)10-4-3-7(11)5-13-2/h6-7,10-11H,3-5H2,1-2H3,(H2,9,12). The van der Waals surface area contributed by atoms with Crippen molar-refractivity contribution < 1.29 is 14.6 Å². The van der Waals surface area contributed by atoms with Crippen LogP contribution in [-0.2, 0) is 9.53 Å². The van der Waals surface area contributed by atoms with Crippen molar-refractivity contribution in [3.63, 3.8) is 0 Å². The molecule has 0 aromatic heterocycles. The number of carbonyl (C=O) groups is 1. The highest BCUT2D eigenvalue weighted by Gasteiger charge is 2.08. The molecule has 0 saturated carbocycles. The molecule has 4 N–H and O–H groups in total. The Kier molecular flexibility index (Phi) is 6.48. The van der Waals surface area contributed by atoms with Crippen LogP contribution in [0.2, 0.25) is 0 Å². The molecule has 0 saturated heterocycles. The van der Waals surface area contributed by atoms with Gasteiger partial charge in [-0.2, -0.15) is 0 Å². The van der Waals surface area contributed by atoms with E-state index in [1.54, 1.807) is 6.92 Å². The Morgan fingerprint density at radius 3 is 2.77 bits per heavy atom. The summed E-state index contributed by atoms with van der Waals surface area (Å²) in [6, 6.07) is -0.352. The minimum Gasteiger partial charge on any atom is -0.391 e. The van der Waals surface area contributed by atoms with Gasteiger partial charge in [-0.3, -0.25) is 4.79 Å². The van der Waals surface area contributed by atoms with Crippen LogP contribution in [0.5, 0.6) is 0 Å². The fourth-order valence-corrected chi connectivity index (χ4v) is 0.843. The van der Waals surface area contributed by atoms with Gasteiger partial charge >= 0.3 is 0 Å². The second kappa shape index (κ2) is 6.82. The van der Waals surface area contributed by atoms with Gasteiger partial charge in [0.25, 0.3) is 0 Å². The summed E-state index contributed by atoms with van der Waals surface area (Å²) in [5, 5.41) is 12.1. The molecule has 0 spiro atoms. The number of methoxy groups -OCH3 is 1. The van der Waals surface area contributed by atoms with Crippen LogP contribution in [0.25, 0.3) is 0 Å². The van der Waals surface area contributed by atoms with Gasteiger partial charge in [0.2, 0.25) is 5.91 Å². The molecule has 0 aliphatic rings. The number of aliphatic hydroxyl groups excluding tert-OH is 1. The van der Waals surface area contributed by atoms with E-state index in [1.807, 2.05) is 0 Å². The van der Waals surface area contributed by atoms with Crippen molar-refractivity contribution in [2.75, 3.05) is 20.3 Å². The van der Waals surface area contributed by atoms with Gasteiger partial charge in [0.05, 0.1) is 18.8 Å². The smallest absolute Gasteiger partial charge is 0.234 e. The van der Waals surface area contributed by atoms with Crippen molar-refractivity contribution >= 4 is 5.91 Å². The molecule has 5 heteroatoms. The second-order valence-corrected chi connectivity index (χ2v) is 2.98. The first-order chi connectivity index (χ1) is 6.07. The van der Waals surface area contributed by atoms with Crippen LogP contribution in [0.3, 0.4) is 0 Å². The molecule has 0 aliphatic heterocycles. The maximum absolute atomic E-state index is 10.6. The van der Waals surface area contributed by atoms with Crippen molar-refractivity contribution in [3.8, 4) is 0 Å². The fourth-order valence-electron chi connectivity index (χ4n) is 0.843. The number of carbonyl (C=O) groups excluding carboxylic acids is 1. The van der Waals surface area contributed by atoms with E-state index >= 15 is 0 Å². The van der Waals surface area contributed by atoms with E-state index in [0.717, 1.165) is 0 Å². The number of hydrogen-bond acceptors (Lipinski definition) is 4. The Hall–Kier alpha value is -0.650. The third-order valence-electron chi connectivity index (χ3n) is 1.71. The van der Waals surface area contributed by atoms with Crippen LogP contribution < -0.4 is 11.1 Å². The zero-order valence-corrected chi connectivity index (χ0v) is 8.12. The Bertz CT molecular complexity index is 152. The van der Waals surface area contributed by atoms with Crippen LogP contribution in [0.15, 0.2) is 0 Å². The molecule has 13 heavy (non-hydrogen) atoms. The lowest BCUT2D eigenvalue weighted by atomic mass is 10.2. The normalized spacial score (nSPS) is 15.3. The minimum absolute atomic E-state index is 0.312. The molecule has 78 valence electrons. The number of nitrogens with two attached hydrogens (primary N) is 1. The lowest BCUT2D eigenvalue weighted by molar-refractivity contribution is -0.119. The van der Waals surface area contributed by atoms with Gasteiger partial charge in [0, 0.05) is 7.11 Å². The van der Waals surface area contributed by atoms with Crippen LogP contribution in [-0.4, -0.2) is 43.4 Å². The first kappa shape index (κ1) is 12.3. The van der Waals surface area contributed by atoms with E-state index in [-0.39, 0.29) is 11.9 Å². The lowest BCUT2D eigenvalue weighted by Gasteiger charge is -2.12. The highest BCUT2D eigenvalue weighted by molar-refractivity contribution is 5.79. The molecule has 5 nitrogen and oxygen atoms in total. The van der Waals surface area contributed by atoms with Gasteiger partial charge < -0.3 is 20.9 Å². The van der Waals surface area contributed by atoms with E-state index in [9.17, 15) is 9.90 Å². The van der Waals surface area contributed by atoms with Crippen LogP contribution >= 0.6 is 0 Å². The SMILES string of the molecule is COCC(O)CCNC(C)C(N)=O. The van der Waals surface area contributed by atoms with E-state index < -0.39 is 6.10 Å². The Morgan fingerprint density at radius 2 is 2.31 bits per heavy atom. The number of rotatable bonds is 7. The molecular formula is C8H18N2O3. The van der Waals surface area contributed by atoms with Gasteiger partial charge in [0.1, 0.15) is 0 Å². The Labute approximate surface area is 78.3 Å². The summed E-state index contributed by atoms with van der Waals surface area (Å²) >= 11 is 0. The summed E-state index contributed by atoms with van der Waals surface area (Å²) in [4.78, 5) is 10.6. The van der Waals surface area contributed by atoms with Crippen molar-refractivity contribution in [1.82, 2.24) is 5.32 Å². The predicted octanol–water partition coefficient (Wildman–Crippen LogP) is -1.15. The minimum atomic E-state index is -0.488.